The Kier molecular flexibility index (Phi) is 4.97. The fraction of sp³-hybridized carbons (Fsp3) is 0.368. The van der Waals surface area contributed by atoms with Crippen molar-refractivity contribution in [3.63, 3.8) is 0 Å². The molecule has 0 saturated carbocycles. The molecule has 0 amide bonds. The molecule has 1 nitrogen and oxygen atoms in total. The molecule has 106 valence electrons. The van der Waals surface area contributed by atoms with E-state index in [0.29, 0.717) is 5.92 Å². The van der Waals surface area contributed by atoms with Crippen molar-refractivity contribution in [2.75, 3.05) is 0 Å². The second-order valence-electron chi connectivity index (χ2n) is 5.66. The van der Waals surface area contributed by atoms with E-state index in [1.54, 1.807) is 0 Å². The molecule has 2 rings (SSSR count). The number of benzene rings is 2. The van der Waals surface area contributed by atoms with E-state index in [-0.39, 0.29) is 6.04 Å². The van der Waals surface area contributed by atoms with Gasteiger partial charge in [-0.3, -0.25) is 0 Å². The summed E-state index contributed by atoms with van der Waals surface area (Å²) in [5.41, 5.74) is 12.0. The van der Waals surface area contributed by atoms with E-state index >= 15 is 0 Å². The smallest absolute Gasteiger partial charge is 0.0149 e. The molecular weight excluding hydrogens is 242 g/mol. The lowest BCUT2D eigenvalue weighted by atomic mass is 9.84. The van der Waals surface area contributed by atoms with Crippen LogP contribution in [0.25, 0.3) is 0 Å². The summed E-state index contributed by atoms with van der Waals surface area (Å²) in [6.45, 7) is 6.58. The second-order valence-corrected chi connectivity index (χ2v) is 5.66. The van der Waals surface area contributed by atoms with Crippen LogP contribution in [0.15, 0.2) is 48.5 Å². The molecule has 0 bridgehead atoms. The molecule has 2 N–H and O–H groups in total. The third-order valence-electron chi connectivity index (χ3n) is 4.27. The first kappa shape index (κ1) is 14.8. The van der Waals surface area contributed by atoms with E-state index in [4.69, 9.17) is 5.73 Å². The predicted molar refractivity (Wildman–Crippen MR) is 87.1 cm³/mol. The molecule has 0 spiro atoms. The minimum atomic E-state index is 0.169. The average molecular weight is 267 g/mol. The third-order valence-corrected chi connectivity index (χ3v) is 4.27. The number of nitrogens with two attached hydrogens (primary N) is 1. The van der Waals surface area contributed by atoms with E-state index in [0.717, 1.165) is 12.8 Å². The van der Waals surface area contributed by atoms with Crippen LogP contribution in [0.4, 0.5) is 0 Å². The Labute approximate surface area is 122 Å². The van der Waals surface area contributed by atoms with Gasteiger partial charge in [0.1, 0.15) is 0 Å². The van der Waals surface area contributed by atoms with Crippen LogP contribution in [0.5, 0.6) is 0 Å². The lowest BCUT2D eigenvalue weighted by molar-refractivity contribution is 0.513. The zero-order valence-corrected chi connectivity index (χ0v) is 12.8. The van der Waals surface area contributed by atoms with Crippen LogP contribution in [-0.4, -0.2) is 6.04 Å². The largest absolute Gasteiger partial charge is 0.327 e. The molecule has 0 aromatic heterocycles. The summed E-state index contributed by atoms with van der Waals surface area (Å²) >= 11 is 0. The van der Waals surface area contributed by atoms with Gasteiger partial charge >= 0.3 is 0 Å². The molecule has 0 aliphatic heterocycles. The zero-order valence-electron chi connectivity index (χ0n) is 12.8. The molecule has 0 saturated heterocycles. The van der Waals surface area contributed by atoms with Crippen LogP contribution in [0.1, 0.15) is 41.5 Å². The molecule has 0 aliphatic carbocycles. The molecule has 0 radical (unpaired) electrons. The van der Waals surface area contributed by atoms with E-state index in [1.165, 1.54) is 22.3 Å². The van der Waals surface area contributed by atoms with Crippen molar-refractivity contribution in [1.29, 1.82) is 0 Å². The highest BCUT2D eigenvalue weighted by Gasteiger charge is 2.19. The quantitative estimate of drug-likeness (QED) is 0.855. The number of hydrogen-bond donors (Lipinski definition) is 1. The summed E-state index contributed by atoms with van der Waals surface area (Å²) < 4.78 is 0. The lowest BCUT2D eigenvalue weighted by Gasteiger charge is -2.24. The minimum Gasteiger partial charge on any atom is -0.327 e. The maximum atomic E-state index is 6.53. The summed E-state index contributed by atoms with van der Waals surface area (Å²) in [4.78, 5) is 0. The second kappa shape index (κ2) is 6.71. The summed E-state index contributed by atoms with van der Waals surface area (Å²) in [6, 6.07) is 17.3. The maximum absolute atomic E-state index is 6.53. The first-order chi connectivity index (χ1) is 9.63. The van der Waals surface area contributed by atoms with Crippen molar-refractivity contribution in [1.82, 2.24) is 0 Å². The molecular formula is C19H25N. The average Bonchev–Trinajstić information content (AvgIpc) is 2.45. The van der Waals surface area contributed by atoms with Gasteiger partial charge in [0.2, 0.25) is 0 Å². The monoisotopic (exact) mass is 267 g/mol. The topological polar surface area (TPSA) is 26.0 Å². The summed E-state index contributed by atoms with van der Waals surface area (Å²) in [5.74, 6) is 0.426. The van der Waals surface area contributed by atoms with Crippen molar-refractivity contribution in [2.45, 2.75) is 45.6 Å². The number of hydrogen-bond acceptors (Lipinski definition) is 1. The fourth-order valence-corrected chi connectivity index (χ4v) is 3.03. The fourth-order valence-electron chi connectivity index (χ4n) is 3.03. The van der Waals surface area contributed by atoms with Crippen LogP contribution in [0.2, 0.25) is 0 Å². The van der Waals surface area contributed by atoms with Crippen molar-refractivity contribution in [3.8, 4) is 0 Å². The summed E-state index contributed by atoms with van der Waals surface area (Å²) in [6.07, 6.45) is 2.03. The molecule has 0 fully saturated rings. The molecule has 2 aromatic carbocycles. The molecule has 0 aliphatic rings. The molecule has 2 aromatic rings. The lowest BCUT2D eigenvalue weighted by Crippen LogP contribution is -2.31. The first-order valence-corrected chi connectivity index (χ1v) is 7.49. The van der Waals surface area contributed by atoms with Crippen LogP contribution in [0, 0.1) is 13.8 Å². The van der Waals surface area contributed by atoms with Crippen molar-refractivity contribution >= 4 is 0 Å². The van der Waals surface area contributed by atoms with Crippen LogP contribution in [0.3, 0.4) is 0 Å². The van der Waals surface area contributed by atoms with E-state index in [9.17, 15) is 0 Å². The predicted octanol–water partition coefficient (Wildman–Crippen LogP) is 4.37. The van der Waals surface area contributed by atoms with Crippen LogP contribution >= 0.6 is 0 Å². The van der Waals surface area contributed by atoms with Gasteiger partial charge in [-0.15, -0.1) is 0 Å². The van der Waals surface area contributed by atoms with Crippen LogP contribution in [-0.2, 0) is 6.42 Å². The third kappa shape index (κ3) is 3.29. The molecule has 0 heterocycles. The van der Waals surface area contributed by atoms with Gasteiger partial charge in [0.15, 0.2) is 0 Å². The van der Waals surface area contributed by atoms with E-state index in [2.05, 4.69) is 69.3 Å². The van der Waals surface area contributed by atoms with Crippen molar-refractivity contribution in [3.05, 3.63) is 70.8 Å². The van der Waals surface area contributed by atoms with Gasteiger partial charge in [-0.1, -0.05) is 55.5 Å². The molecule has 2 unspecified atom stereocenters. The highest BCUT2D eigenvalue weighted by molar-refractivity contribution is 5.35. The Balaban J connectivity index is 2.20. The standard InChI is InChI=1S/C19H25N/c1-4-17(16-11-6-5-7-12-16)19(20)13-18-14(2)9-8-10-15(18)3/h5-12,17,19H,4,13,20H2,1-3H3. The Morgan fingerprint density at radius 1 is 0.900 bits per heavy atom. The number of rotatable bonds is 5. The highest BCUT2D eigenvalue weighted by atomic mass is 14.6. The maximum Gasteiger partial charge on any atom is 0.0149 e. The van der Waals surface area contributed by atoms with Gasteiger partial charge in [0.25, 0.3) is 0 Å². The van der Waals surface area contributed by atoms with Gasteiger partial charge < -0.3 is 5.73 Å². The zero-order chi connectivity index (χ0) is 14.5. The van der Waals surface area contributed by atoms with Crippen LogP contribution < -0.4 is 5.73 Å². The van der Waals surface area contributed by atoms with E-state index < -0.39 is 0 Å². The molecule has 1 heteroatoms. The van der Waals surface area contributed by atoms with E-state index in [1.807, 2.05) is 0 Å². The summed E-state index contributed by atoms with van der Waals surface area (Å²) in [7, 11) is 0. The van der Waals surface area contributed by atoms with Crippen molar-refractivity contribution in [2.24, 2.45) is 5.73 Å². The van der Waals surface area contributed by atoms with Gasteiger partial charge in [-0.2, -0.15) is 0 Å². The Morgan fingerprint density at radius 2 is 1.50 bits per heavy atom. The Bertz CT molecular complexity index is 525. The van der Waals surface area contributed by atoms with Gasteiger partial charge in [0.05, 0.1) is 0 Å². The van der Waals surface area contributed by atoms with Gasteiger partial charge in [-0.25, -0.2) is 0 Å². The normalized spacial score (nSPS) is 14.0. The SMILES string of the molecule is CCC(c1ccccc1)C(N)Cc1c(C)cccc1C. The molecule has 2 atom stereocenters. The van der Waals surface area contributed by atoms with Gasteiger partial charge in [0, 0.05) is 6.04 Å². The first-order valence-electron chi connectivity index (χ1n) is 7.49. The minimum absolute atomic E-state index is 0.169. The number of aryl methyl sites for hydroxylation is 2. The molecule has 20 heavy (non-hydrogen) atoms. The van der Waals surface area contributed by atoms with Gasteiger partial charge in [-0.05, 0) is 54.9 Å². The highest BCUT2D eigenvalue weighted by Crippen LogP contribution is 2.26. The van der Waals surface area contributed by atoms with Crippen molar-refractivity contribution < 1.29 is 0 Å². The Morgan fingerprint density at radius 3 is 2.05 bits per heavy atom. The Hall–Kier alpha value is -1.60. The summed E-state index contributed by atoms with van der Waals surface area (Å²) in [5, 5.41) is 0.